The number of hydrogen-bond acceptors (Lipinski definition) is 3. The quantitative estimate of drug-likeness (QED) is 0.621. The monoisotopic (exact) mass is 310 g/mol. The van der Waals surface area contributed by atoms with Gasteiger partial charge in [0, 0.05) is 45.2 Å². The van der Waals surface area contributed by atoms with Crippen molar-refractivity contribution in [3.8, 4) is 0 Å². The highest BCUT2D eigenvalue weighted by atomic mass is 16.5. The Morgan fingerprint density at radius 2 is 1.95 bits per heavy atom. The van der Waals surface area contributed by atoms with Crippen molar-refractivity contribution in [1.29, 1.82) is 0 Å². The minimum Gasteiger partial charge on any atom is -0.381 e. The number of rotatable bonds is 5. The summed E-state index contributed by atoms with van der Waals surface area (Å²) in [5.41, 5.74) is 0.283. The fourth-order valence-electron chi connectivity index (χ4n) is 3.82. The molecule has 1 aliphatic carbocycles. The van der Waals surface area contributed by atoms with Crippen LogP contribution in [0.25, 0.3) is 0 Å². The maximum Gasteiger partial charge on any atom is 0.193 e. The van der Waals surface area contributed by atoms with E-state index in [2.05, 4.69) is 41.3 Å². The van der Waals surface area contributed by atoms with E-state index in [9.17, 15) is 0 Å². The van der Waals surface area contributed by atoms with Crippen LogP contribution in [0.5, 0.6) is 0 Å². The highest BCUT2D eigenvalue weighted by molar-refractivity contribution is 5.79. The van der Waals surface area contributed by atoms with Gasteiger partial charge in [-0.15, -0.1) is 0 Å². The predicted octanol–water partition coefficient (Wildman–Crippen LogP) is 1.79. The molecule has 0 spiro atoms. The van der Waals surface area contributed by atoms with Crippen LogP contribution in [0.4, 0.5) is 0 Å². The second-order valence-corrected chi connectivity index (χ2v) is 7.19. The molecule has 22 heavy (non-hydrogen) atoms. The van der Waals surface area contributed by atoms with Gasteiger partial charge in [-0.05, 0) is 33.4 Å². The van der Waals surface area contributed by atoms with Crippen molar-refractivity contribution in [3.63, 3.8) is 0 Å². The van der Waals surface area contributed by atoms with E-state index in [0.29, 0.717) is 5.92 Å². The molecule has 0 aromatic rings. The molecule has 128 valence electrons. The molecule has 1 heterocycles. The maximum atomic E-state index is 5.48. The highest BCUT2D eigenvalue weighted by Gasteiger charge is 2.34. The van der Waals surface area contributed by atoms with Crippen molar-refractivity contribution >= 4 is 5.96 Å². The topological polar surface area (TPSA) is 40.1 Å². The van der Waals surface area contributed by atoms with Crippen molar-refractivity contribution < 1.29 is 4.74 Å². The van der Waals surface area contributed by atoms with Gasteiger partial charge in [0.05, 0.1) is 6.61 Å². The summed E-state index contributed by atoms with van der Waals surface area (Å²) in [6.45, 7) is 3.81. The fraction of sp³-hybridized carbons (Fsp3) is 0.941. The number of ether oxygens (including phenoxy) is 1. The van der Waals surface area contributed by atoms with Crippen LogP contribution in [-0.4, -0.2) is 75.8 Å². The number of guanidine groups is 1. The summed E-state index contributed by atoms with van der Waals surface area (Å²) in [7, 11) is 8.45. The SMILES string of the molecule is CN=C(NCC1(N(C)C)CCCCC1)N(C)CC1CCOC1. The Kier molecular flexibility index (Phi) is 6.50. The zero-order valence-corrected chi connectivity index (χ0v) is 14.9. The Morgan fingerprint density at radius 1 is 1.23 bits per heavy atom. The lowest BCUT2D eigenvalue weighted by atomic mass is 9.80. The van der Waals surface area contributed by atoms with Crippen LogP contribution >= 0.6 is 0 Å². The molecule has 2 rings (SSSR count). The minimum atomic E-state index is 0.283. The molecule has 2 aliphatic rings. The lowest BCUT2D eigenvalue weighted by Crippen LogP contribution is -2.55. The molecule has 0 aromatic carbocycles. The molecule has 2 fully saturated rings. The van der Waals surface area contributed by atoms with E-state index >= 15 is 0 Å². The van der Waals surface area contributed by atoms with Crippen LogP contribution in [0.2, 0.25) is 0 Å². The second kappa shape index (κ2) is 8.16. The van der Waals surface area contributed by atoms with Crippen LogP contribution in [0.1, 0.15) is 38.5 Å². The molecule has 1 N–H and O–H groups in total. The smallest absolute Gasteiger partial charge is 0.193 e. The predicted molar refractivity (Wildman–Crippen MR) is 92.4 cm³/mol. The van der Waals surface area contributed by atoms with Crippen molar-refractivity contribution in [1.82, 2.24) is 15.1 Å². The van der Waals surface area contributed by atoms with Gasteiger partial charge in [-0.2, -0.15) is 0 Å². The number of aliphatic imine (C=N–C) groups is 1. The van der Waals surface area contributed by atoms with E-state index < -0.39 is 0 Å². The van der Waals surface area contributed by atoms with Gasteiger partial charge in [-0.1, -0.05) is 19.3 Å². The first kappa shape index (κ1) is 17.5. The van der Waals surface area contributed by atoms with Gasteiger partial charge in [0.2, 0.25) is 0 Å². The Hall–Kier alpha value is -0.810. The summed E-state index contributed by atoms with van der Waals surface area (Å²) in [4.78, 5) is 9.15. The van der Waals surface area contributed by atoms with Gasteiger partial charge in [0.1, 0.15) is 0 Å². The zero-order chi connectivity index (χ0) is 16.0. The molecule has 0 amide bonds. The summed E-state index contributed by atoms with van der Waals surface area (Å²) in [6.07, 6.45) is 7.80. The average Bonchev–Trinajstić information content (AvgIpc) is 3.01. The first-order valence-corrected chi connectivity index (χ1v) is 8.74. The van der Waals surface area contributed by atoms with Gasteiger partial charge < -0.3 is 19.9 Å². The lowest BCUT2D eigenvalue weighted by Gasteiger charge is -2.43. The third kappa shape index (κ3) is 4.35. The minimum absolute atomic E-state index is 0.283. The first-order valence-electron chi connectivity index (χ1n) is 8.74. The van der Waals surface area contributed by atoms with E-state index in [1.54, 1.807) is 0 Å². The van der Waals surface area contributed by atoms with Gasteiger partial charge in [-0.3, -0.25) is 4.99 Å². The van der Waals surface area contributed by atoms with E-state index in [1.807, 2.05) is 7.05 Å². The van der Waals surface area contributed by atoms with Crippen molar-refractivity contribution in [2.24, 2.45) is 10.9 Å². The fourth-order valence-corrected chi connectivity index (χ4v) is 3.82. The number of nitrogens with one attached hydrogen (secondary N) is 1. The van der Waals surface area contributed by atoms with Crippen LogP contribution < -0.4 is 5.32 Å². The molecular formula is C17H34N4O. The molecule has 1 saturated heterocycles. The average molecular weight is 310 g/mol. The summed E-state index contributed by atoms with van der Waals surface area (Å²) < 4.78 is 5.48. The molecule has 1 saturated carbocycles. The van der Waals surface area contributed by atoms with Gasteiger partial charge >= 0.3 is 0 Å². The van der Waals surface area contributed by atoms with Crippen LogP contribution in [0, 0.1) is 5.92 Å². The molecule has 0 bridgehead atoms. The summed E-state index contributed by atoms with van der Waals surface area (Å²) in [6, 6.07) is 0. The normalized spacial score (nSPS) is 25.5. The molecule has 5 nitrogen and oxygen atoms in total. The Labute approximate surface area is 136 Å². The van der Waals surface area contributed by atoms with Gasteiger partial charge in [-0.25, -0.2) is 0 Å². The first-order chi connectivity index (χ1) is 10.6. The van der Waals surface area contributed by atoms with Crippen molar-refractivity contribution in [3.05, 3.63) is 0 Å². The summed E-state index contributed by atoms with van der Waals surface area (Å²) in [5.74, 6) is 1.65. The van der Waals surface area contributed by atoms with E-state index in [4.69, 9.17) is 4.74 Å². The maximum absolute atomic E-state index is 5.48. The van der Waals surface area contributed by atoms with Crippen LogP contribution in [0.15, 0.2) is 4.99 Å². The summed E-state index contributed by atoms with van der Waals surface area (Å²) in [5, 5.41) is 3.63. The number of likely N-dealkylation sites (N-methyl/N-ethyl adjacent to an activating group) is 1. The molecular weight excluding hydrogens is 276 g/mol. The number of nitrogens with zero attached hydrogens (tertiary/aromatic N) is 3. The summed E-state index contributed by atoms with van der Waals surface area (Å²) >= 11 is 0. The third-order valence-corrected chi connectivity index (χ3v) is 5.44. The molecule has 1 unspecified atom stereocenters. The van der Waals surface area contributed by atoms with Crippen molar-refractivity contribution in [2.75, 3.05) is 54.5 Å². The second-order valence-electron chi connectivity index (χ2n) is 7.19. The third-order valence-electron chi connectivity index (χ3n) is 5.44. The van der Waals surface area contributed by atoms with Gasteiger partial charge in [0.25, 0.3) is 0 Å². The Bertz CT molecular complexity index is 358. The highest BCUT2D eigenvalue weighted by Crippen LogP contribution is 2.31. The molecule has 0 radical (unpaired) electrons. The standard InChI is InChI=1S/C17H34N4O/c1-18-16(21(4)12-15-8-11-22-13-15)19-14-17(20(2)3)9-6-5-7-10-17/h15H,5-14H2,1-4H3,(H,18,19). The largest absolute Gasteiger partial charge is 0.381 e. The van der Waals surface area contributed by atoms with Crippen LogP contribution in [-0.2, 0) is 4.74 Å². The number of hydrogen-bond donors (Lipinski definition) is 1. The molecule has 1 atom stereocenters. The van der Waals surface area contributed by atoms with E-state index in [0.717, 1.165) is 32.3 Å². The van der Waals surface area contributed by atoms with E-state index in [1.165, 1.54) is 38.5 Å². The Balaban J connectivity index is 1.88. The molecule has 5 heteroatoms. The van der Waals surface area contributed by atoms with Crippen LogP contribution in [0.3, 0.4) is 0 Å². The van der Waals surface area contributed by atoms with Gasteiger partial charge in [0.15, 0.2) is 5.96 Å². The van der Waals surface area contributed by atoms with E-state index in [-0.39, 0.29) is 5.54 Å². The molecule has 0 aromatic heterocycles. The lowest BCUT2D eigenvalue weighted by molar-refractivity contribution is 0.103. The molecule has 1 aliphatic heterocycles. The zero-order valence-electron chi connectivity index (χ0n) is 14.9. The van der Waals surface area contributed by atoms with Crippen molar-refractivity contribution in [2.45, 2.75) is 44.1 Å². The Morgan fingerprint density at radius 3 is 2.50 bits per heavy atom.